The van der Waals surface area contributed by atoms with Gasteiger partial charge in [-0.05, 0) is 44.0 Å². The van der Waals surface area contributed by atoms with Gasteiger partial charge in [-0.1, -0.05) is 0 Å². The number of aliphatic hydroxyl groups is 1. The fourth-order valence-electron chi connectivity index (χ4n) is 2.36. The topological polar surface area (TPSA) is 40.5 Å². The van der Waals surface area contributed by atoms with Crippen LogP contribution in [0, 0.1) is 17.6 Å². The molecule has 0 amide bonds. The smallest absolute Gasteiger partial charge is 0.176 e. The Kier molecular flexibility index (Phi) is 4.27. The van der Waals surface area contributed by atoms with Gasteiger partial charge in [-0.3, -0.25) is 9.69 Å². The Hall–Kier alpha value is -1.33. The summed E-state index contributed by atoms with van der Waals surface area (Å²) in [5.41, 5.74) is 0.180. The predicted octanol–water partition coefficient (Wildman–Crippen LogP) is 1.85. The number of carbonyl (C=O) groups is 1. The van der Waals surface area contributed by atoms with Crippen LogP contribution in [0.4, 0.5) is 8.78 Å². The van der Waals surface area contributed by atoms with Gasteiger partial charge in [0.2, 0.25) is 0 Å². The Bertz CT molecular complexity index is 473. The highest BCUT2D eigenvalue weighted by Crippen LogP contribution is 2.27. The Labute approximate surface area is 110 Å². The molecule has 1 aromatic carbocycles. The molecular weight excluding hydrogens is 252 g/mol. The monoisotopic (exact) mass is 269 g/mol. The SMILES string of the molecule is CN(CC(=O)c1ccc(F)c(F)c1)CC1CC(O)C1. The van der Waals surface area contributed by atoms with Crippen molar-refractivity contribution in [1.82, 2.24) is 4.90 Å². The second-order valence-electron chi connectivity index (χ2n) is 5.24. The van der Waals surface area contributed by atoms with E-state index >= 15 is 0 Å². The summed E-state index contributed by atoms with van der Waals surface area (Å²) in [6, 6.07) is 3.19. The number of carbonyl (C=O) groups excluding carboxylic acids is 1. The highest BCUT2D eigenvalue weighted by molar-refractivity contribution is 5.97. The van der Waals surface area contributed by atoms with Crippen molar-refractivity contribution in [2.75, 3.05) is 20.1 Å². The Balaban J connectivity index is 1.87. The normalized spacial score (nSPS) is 22.4. The third kappa shape index (κ3) is 3.58. The number of nitrogens with zero attached hydrogens (tertiary/aromatic N) is 1. The number of likely N-dealkylation sites (N-methyl/N-ethyl adjacent to an activating group) is 1. The summed E-state index contributed by atoms with van der Waals surface area (Å²) in [5, 5.41) is 9.19. The lowest BCUT2D eigenvalue weighted by atomic mass is 9.82. The molecule has 1 saturated carbocycles. The largest absolute Gasteiger partial charge is 0.393 e. The lowest BCUT2D eigenvalue weighted by molar-refractivity contribution is 0.0286. The van der Waals surface area contributed by atoms with Crippen LogP contribution < -0.4 is 0 Å². The average Bonchev–Trinajstić information content (AvgIpc) is 2.30. The number of aliphatic hydroxyl groups excluding tert-OH is 1. The van der Waals surface area contributed by atoms with Gasteiger partial charge in [0.25, 0.3) is 0 Å². The van der Waals surface area contributed by atoms with Gasteiger partial charge in [-0.15, -0.1) is 0 Å². The van der Waals surface area contributed by atoms with Gasteiger partial charge in [0.1, 0.15) is 0 Å². The first-order valence-corrected chi connectivity index (χ1v) is 6.30. The summed E-state index contributed by atoms with van der Waals surface area (Å²) < 4.78 is 25.8. The molecule has 1 fully saturated rings. The minimum Gasteiger partial charge on any atom is -0.393 e. The first-order chi connectivity index (χ1) is 8.95. The molecule has 19 heavy (non-hydrogen) atoms. The second-order valence-corrected chi connectivity index (χ2v) is 5.24. The molecule has 1 aliphatic carbocycles. The highest BCUT2D eigenvalue weighted by Gasteiger charge is 2.28. The minimum absolute atomic E-state index is 0.164. The minimum atomic E-state index is -1.00. The van der Waals surface area contributed by atoms with Crippen molar-refractivity contribution in [3.8, 4) is 0 Å². The van der Waals surface area contributed by atoms with Crippen LogP contribution in [0.25, 0.3) is 0 Å². The number of benzene rings is 1. The summed E-state index contributed by atoms with van der Waals surface area (Å²) in [7, 11) is 1.81. The maximum absolute atomic E-state index is 13.0. The summed E-state index contributed by atoms with van der Waals surface area (Å²) in [6.45, 7) is 0.893. The summed E-state index contributed by atoms with van der Waals surface area (Å²) in [6.07, 6.45) is 1.33. The fraction of sp³-hybridized carbons (Fsp3) is 0.500. The third-order valence-corrected chi connectivity index (χ3v) is 3.44. The molecule has 2 rings (SSSR count). The van der Waals surface area contributed by atoms with E-state index < -0.39 is 11.6 Å². The van der Waals surface area contributed by atoms with E-state index in [1.165, 1.54) is 6.07 Å². The Morgan fingerprint density at radius 2 is 2.05 bits per heavy atom. The molecule has 0 radical (unpaired) electrons. The van der Waals surface area contributed by atoms with Crippen molar-refractivity contribution >= 4 is 5.78 Å². The number of hydrogen-bond donors (Lipinski definition) is 1. The van der Waals surface area contributed by atoms with Crippen molar-refractivity contribution in [2.45, 2.75) is 18.9 Å². The molecule has 0 saturated heterocycles. The number of halogens is 2. The van der Waals surface area contributed by atoms with E-state index in [1.54, 1.807) is 0 Å². The highest BCUT2D eigenvalue weighted by atomic mass is 19.2. The van der Waals surface area contributed by atoms with Gasteiger partial charge in [0, 0.05) is 12.1 Å². The first-order valence-electron chi connectivity index (χ1n) is 6.30. The van der Waals surface area contributed by atoms with Gasteiger partial charge in [0.05, 0.1) is 12.6 Å². The molecule has 0 unspecified atom stereocenters. The first kappa shape index (κ1) is 14.1. The lowest BCUT2D eigenvalue weighted by Gasteiger charge is -2.34. The van der Waals surface area contributed by atoms with E-state index in [2.05, 4.69) is 0 Å². The third-order valence-electron chi connectivity index (χ3n) is 3.44. The van der Waals surface area contributed by atoms with Crippen LogP contribution in [-0.2, 0) is 0 Å². The predicted molar refractivity (Wildman–Crippen MR) is 66.9 cm³/mol. The Morgan fingerprint density at radius 3 is 2.63 bits per heavy atom. The van der Waals surface area contributed by atoms with Crippen LogP contribution in [0.2, 0.25) is 0 Å². The van der Waals surface area contributed by atoms with E-state index in [9.17, 15) is 18.7 Å². The van der Waals surface area contributed by atoms with Crippen LogP contribution in [0.3, 0.4) is 0 Å². The van der Waals surface area contributed by atoms with Crippen LogP contribution in [0.15, 0.2) is 18.2 Å². The molecule has 0 spiro atoms. The zero-order chi connectivity index (χ0) is 14.0. The molecule has 0 heterocycles. The molecule has 0 bridgehead atoms. The van der Waals surface area contributed by atoms with E-state index in [-0.39, 0.29) is 24.0 Å². The molecule has 0 atom stereocenters. The quantitative estimate of drug-likeness (QED) is 0.829. The van der Waals surface area contributed by atoms with Crippen LogP contribution in [0.1, 0.15) is 23.2 Å². The van der Waals surface area contributed by atoms with Gasteiger partial charge >= 0.3 is 0 Å². The molecular formula is C14H17F2NO2. The second kappa shape index (κ2) is 5.75. The van der Waals surface area contributed by atoms with Gasteiger partial charge < -0.3 is 5.11 Å². The maximum atomic E-state index is 13.0. The van der Waals surface area contributed by atoms with Crippen LogP contribution in [0.5, 0.6) is 0 Å². The van der Waals surface area contributed by atoms with E-state index in [0.29, 0.717) is 5.92 Å². The summed E-state index contributed by atoms with van der Waals surface area (Å²) in [4.78, 5) is 13.7. The van der Waals surface area contributed by atoms with Crippen molar-refractivity contribution in [1.29, 1.82) is 0 Å². The number of Topliss-reactive ketones (excluding diaryl/α,β-unsaturated/α-hetero) is 1. The van der Waals surface area contributed by atoms with E-state index in [0.717, 1.165) is 31.5 Å². The van der Waals surface area contributed by atoms with Gasteiger partial charge in [-0.25, -0.2) is 8.78 Å². The van der Waals surface area contributed by atoms with Gasteiger partial charge in [-0.2, -0.15) is 0 Å². The molecule has 1 N–H and O–H groups in total. The number of hydrogen-bond acceptors (Lipinski definition) is 3. The lowest BCUT2D eigenvalue weighted by Crippen LogP contribution is -2.38. The molecule has 1 aromatic rings. The standard InChI is InChI=1S/C14H17F2NO2/c1-17(7-9-4-11(18)5-9)8-14(19)10-2-3-12(15)13(16)6-10/h2-3,6,9,11,18H,4-5,7-8H2,1H3. The van der Waals surface area contributed by atoms with Crippen molar-refractivity contribution in [3.63, 3.8) is 0 Å². The van der Waals surface area contributed by atoms with Crippen molar-refractivity contribution in [3.05, 3.63) is 35.4 Å². The van der Waals surface area contributed by atoms with Crippen LogP contribution in [-0.4, -0.2) is 42.0 Å². The molecule has 0 aromatic heterocycles. The zero-order valence-electron chi connectivity index (χ0n) is 10.8. The summed E-state index contributed by atoms with van der Waals surface area (Å²) >= 11 is 0. The van der Waals surface area contributed by atoms with Crippen molar-refractivity contribution < 1.29 is 18.7 Å². The molecule has 3 nitrogen and oxygen atoms in total. The molecule has 0 aliphatic heterocycles. The van der Waals surface area contributed by atoms with Gasteiger partial charge in [0.15, 0.2) is 17.4 Å². The van der Waals surface area contributed by atoms with Crippen LogP contribution >= 0.6 is 0 Å². The molecule has 5 heteroatoms. The molecule has 1 aliphatic rings. The average molecular weight is 269 g/mol. The maximum Gasteiger partial charge on any atom is 0.176 e. The molecule has 104 valence electrons. The van der Waals surface area contributed by atoms with E-state index in [4.69, 9.17) is 0 Å². The number of ketones is 1. The summed E-state index contributed by atoms with van der Waals surface area (Å²) in [5.74, 6) is -1.77. The fourth-order valence-corrected chi connectivity index (χ4v) is 2.36. The van der Waals surface area contributed by atoms with E-state index in [1.807, 2.05) is 11.9 Å². The zero-order valence-corrected chi connectivity index (χ0v) is 10.8. The Morgan fingerprint density at radius 1 is 1.37 bits per heavy atom. The van der Waals surface area contributed by atoms with Crippen molar-refractivity contribution in [2.24, 2.45) is 5.92 Å². The number of rotatable bonds is 5.